The van der Waals surface area contributed by atoms with Gasteiger partial charge in [-0.2, -0.15) is 10.5 Å². The van der Waals surface area contributed by atoms with Crippen LogP contribution in [0.15, 0.2) is 0 Å². The van der Waals surface area contributed by atoms with Gasteiger partial charge in [-0.3, -0.25) is 4.79 Å². The Hall–Kier alpha value is -1.64. The first-order valence-corrected chi connectivity index (χ1v) is 8.26. The molecule has 1 aliphatic rings. The molecule has 1 N–H and O–H groups in total. The standard InChI is InChI=1S/C12H18N4O3S/c13-3-1-6-16(7-2-4-14)12(17)9-11-10-20(18,19)8-5-15-11/h11,15H,1-2,5-10H2. The van der Waals surface area contributed by atoms with Crippen molar-refractivity contribution in [1.82, 2.24) is 10.2 Å². The monoisotopic (exact) mass is 298 g/mol. The highest BCUT2D eigenvalue weighted by Gasteiger charge is 2.27. The second kappa shape index (κ2) is 7.83. The number of nitrogens with zero attached hydrogens (tertiary/aromatic N) is 3. The van der Waals surface area contributed by atoms with Crippen molar-refractivity contribution in [3.05, 3.63) is 0 Å². The van der Waals surface area contributed by atoms with Crippen molar-refractivity contribution >= 4 is 15.7 Å². The fourth-order valence-electron chi connectivity index (χ4n) is 2.07. The topological polar surface area (TPSA) is 114 Å². The Labute approximate surface area is 119 Å². The lowest BCUT2D eigenvalue weighted by Crippen LogP contribution is -2.48. The zero-order valence-corrected chi connectivity index (χ0v) is 12.0. The van der Waals surface area contributed by atoms with Crippen LogP contribution in [-0.4, -0.2) is 56.4 Å². The first-order valence-electron chi connectivity index (χ1n) is 6.44. The quantitative estimate of drug-likeness (QED) is 0.701. The van der Waals surface area contributed by atoms with Gasteiger partial charge in [-0.15, -0.1) is 0 Å². The van der Waals surface area contributed by atoms with Crippen LogP contribution in [0.2, 0.25) is 0 Å². The summed E-state index contributed by atoms with van der Waals surface area (Å²) in [6.07, 6.45) is 0.483. The van der Waals surface area contributed by atoms with Crippen LogP contribution >= 0.6 is 0 Å². The van der Waals surface area contributed by atoms with E-state index in [0.29, 0.717) is 6.54 Å². The van der Waals surface area contributed by atoms with E-state index in [2.05, 4.69) is 5.32 Å². The molecule has 0 bridgehead atoms. The number of nitriles is 2. The SMILES string of the molecule is N#CCCN(CCC#N)C(=O)CC1CS(=O)(=O)CCN1. The number of sulfone groups is 1. The van der Waals surface area contributed by atoms with Crippen molar-refractivity contribution in [3.63, 3.8) is 0 Å². The molecular formula is C12H18N4O3S. The normalized spacial score (nSPS) is 20.6. The highest BCUT2D eigenvalue weighted by molar-refractivity contribution is 7.91. The molecule has 0 aromatic heterocycles. The summed E-state index contributed by atoms with van der Waals surface area (Å²) in [5, 5.41) is 20.2. The Balaban J connectivity index is 2.56. The molecule has 1 saturated heterocycles. The summed E-state index contributed by atoms with van der Waals surface area (Å²) < 4.78 is 23.0. The molecule has 1 aliphatic heterocycles. The smallest absolute Gasteiger partial charge is 0.224 e. The minimum atomic E-state index is -3.08. The van der Waals surface area contributed by atoms with Gasteiger partial charge in [0.05, 0.1) is 36.5 Å². The lowest BCUT2D eigenvalue weighted by Gasteiger charge is -2.26. The fraction of sp³-hybridized carbons (Fsp3) is 0.750. The number of nitrogens with one attached hydrogen (secondary N) is 1. The van der Waals surface area contributed by atoms with Gasteiger partial charge in [0, 0.05) is 32.1 Å². The van der Waals surface area contributed by atoms with Gasteiger partial charge in [-0.1, -0.05) is 0 Å². The molecule has 1 atom stereocenters. The maximum absolute atomic E-state index is 12.1. The van der Waals surface area contributed by atoms with Crippen molar-refractivity contribution in [2.45, 2.75) is 25.3 Å². The molecule has 7 nitrogen and oxygen atoms in total. The summed E-state index contributed by atoms with van der Waals surface area (Å²) >= 11 is 0. The van der Waals surface area contributed by atoms with Crippen molar-refractivity contribution in [2.75, 3.05) is 31.1 Å². The van der Waals surface area contributed by atoms with Crippen LogP contribution in [0.25, 0.3) is 0 Å². The van der Waals surface area contributed by atoms with E-state index in [9.17, 15) is 13.2 Å². The Morgan fingerprint density at radius 2 is 1.85 bits per heavy atom. The number of hydrogen-bond acceptors (Lipinski definition) is 6. The summed E-state index contributed by atoms with van der Waals surface area (Å²) in [6, 6.07) is 3.53. The summed E-state index contributed by atoms with van der Waals surface area (Å²) in [7, 11) is -3.08. The van der Waals surface area contributed by atoms with Crippen LogP contribution < -0.4 is 5.32 Å². The van der Waals surface area contributed by atoms with E-state index in [4.69, 9.17) is 10.5 Å². The summed E-state index contributed by atoms with van der Waals surface area (Å²) in [5.41, 5.74) is 0. The summed E-state index contributed by atoms with van der Waals surface area (Å²) in [6.45, 7) is 0.906. The van der Waals surface area contributed by atoms with Crippen molar-refractivity contribution in [2.24, 2.45) is 0 Å². The molecule has 1 amide bonds. The van der Waals surface area contributed by atoms with Gasteiger partial charge >= 0.3 is 0 Å². The lowest BCUT2D eigenvalue weighted by molar-refractivity contribution is -0.131. The Kier molecular flexibility index (Phi) is 6.43. The predicted octanol–water partition coefficient (Wildman–Crippen LogP) is -0.581. The molecule has 1 fully saturated rings. The van der Waals surface area contributed by atoms with Crippen LogP contribution in [0.5, 0.6) is 0 Å². The van der Waals surface area contributed by atoms with E-state index >= 15 is 0 Å². The minimum absolute atomic E-state index is 0.0386. The summed E-state index contributed by atoms with van der Waals surface area (Å²) in [5.74, 6) is -0.155. The van der Waals surface area contributed by atoms with Crippen LogP contribution in [0.3, 0.4) is 0 Å². The molecule has 1 heterocycles. The molecule has 0 aromatic carbocycles. The van der Waals surface area contributed by atoms with E-state index in [1.807, 2.05) is 12.1 Å². The van der Waals surface area contributed by atoms with Crippen LogP contribution in [0.1, 0.15) is 19.3 Å². The molecular weight excluding hydrogens is 280 g/mol. The molecule has 0 saturated carbocycles. The minimum Gasteiger partial charge on any atom is -0.341 e. The third-order valence-electron chi connectivity index (χ3n) is 3.06. The van der Waals surface area contributed by atoms with Crippen LogP contribution in [-0.2, 0) is 14.6 Å². The summed E-state index contributed by atoms with van der Waals surface area (Å²) in [4.78, 5) is 13.6. The largest absolute Gasteiger partial charge is 0.341 e. The molecule has 0 aromatic rings. The maximum atomic E-state index is 12.1. The number of carbonyl (C=O) groups excluding carboxylic acids is 1. The van der Waals surface area contributed by atoms with Gasteiger partial charge < -0.3 is 10.2 Å². The van der Waals surface area contributed by atoms with Crippen molar-refractivity contribution < 1.29 is 13.2 Å². The predicted molar refractivity (Wildman–Crippen MR) is 72.1 cm³/mol. The first kappa shape index (κ1) is 16.4. The average molecular weight is 298 g/mol. The van der Waals surface area contributed by atoms with Gasteiger partial charge in [-0.05, 0) is 0 Å². The molecule has 0 spiro atoms. The van der Waals surface area contributed by atoms with E-state index in [1.165, 1.54) is 4.90 Å². The fourth-order valence-corrected chi connectivity index (χ4v) is 3.51. The van der Waals surface area contributed by atoms with Crippen LogP contribution in [0, 0.1) is 22.7 Å². The van der Waals surface area contributed by atoms with E-state index < -0.39 is 9.84 Å². The highest BCUT2D eigenvalue weighted by Crippen LogP contribution is 2.08. The number of amides is 1. The van der Waals surface area contributed by atoms with Crippen molar-refractivity contribution in [1.29, 1.82) is 10.5 Å². The first-order chi connectivity index (χ1) is 9.48. The maximum Gasteiger partial charge on any atom is 0.224 e. The number of rotatable bonds is 6. The van der Waals surface area contributed by atoms with Crippen LogP contribution in [0.4, 0.5) is 0 Å². The van der Waals surface area contributed by atoms with Crippen molar-refractivity contribution in [3.8, 4) is 12.1 Å². The van der Waals surface area contributed by atoms with Gasteiger partial charge in [0.1, 0.15) is 0 Å². The van der Waals surface area contributed by atoms with Gasteiger partial charge in [0.25, 0.3) is 0 Å². The number of carbonyl (C=O) groups is 1. The third kappa shape index (κ3) is 5.55. The molecule has 0 aliphatic carbocycles. The van der Waals surface area contributed by atoms with E-state index in [1.54, 1.807) is 0 Å². The second-order valence-electron chi connectivity index (χ2n) is 4.67. The Morgan fingerprint density at radius 3 is 2.35 bits per heavy atom. The molecule has 20 heavy (non-hydrogen) atoms. The zero-order chi connectivity index (χ0) is 15.0. The van der Waals surface area contributed by atoms with E-state index in [0.717, 1.165) is 0 Å². The van der Waals surface area contributed by atoms with Gasteiger partial charge in [0.15, 0.2) is 9.84 Å². The highest BCUT2D eigenvalue weighted by atomic mass is 32.2. The molecule has 0 radical (unpaired) electrons. The van der Waals surface area contributed by atoms with Gasteiger partial charge in [0.2, 0.25) is 5.91 Å². The second-order valence-corrected chi connectivity index (χ2v) is 6.90. The third-order valence-corrected chi connectivity index (χ3v) is 4.80. The molecule has 8 heteroatoms. The molecule has 110 valence electrons. The average Bonchev–Trinajstić information content (AvgIpc) is 2.37. The Morgan fingerprint density at radius 1 is 1.25 bits per heavy atom. The molecule has 1 rings (SSSR count). The lowest BCUT2D eigenvalue weighted by atomic mass is 10.2. The van der Waals surface area contributed by atoms with E-state index in [-0.39, 0.29) is 55.8 Å². The zero-order valence-electron chi connectivity index (χ0n) is 11.2. The molecule has 1 unspecified atom stereocenters. The number of hydrogen-bond donors (Lipinski definition) is 1. The Bertz CT molecular complexity index is 500. The van der Waals surface area contributed by atoms with Gasteiger partial charge in [-0.25, -0.2) is 8.42 Å².